The number of nitrogens with one attached hydrogen (secondary N) is 2. The summed E-state index contributed by atoms with van der Waals surface area (Å²) >= 11 is 0. The van der Waals surface area contributed by atoms with E-state index < -0.39 is 16.9 Å². The number of anilines is 2. The molecule has 7 heteroatoms. The molecule has 2 saturated heterocycles. The Kier molecular flexibility index (Phi) is 4.52. The highest BCUT2D eigenvalue weighted by Gasteiger charge is 2.81. The van der Waals surface area contributed by atoms with E-state index in [2.05, 4.69) is 15.5 Å². The summed E-state index contributed by atoms with van der Waals surface area (Å²) in [5.74, 6) is -0.867. The van der Waals surface area contributed by atoms with Crippen LogP contribution in [0.15, 0.2) is 66.7 Å². The number of carbonyl (C=O) groups is 3. The van der Waals surface area contributed by atoms with Gasteiger partial charge in [-0.1, -0.05) is 48.5 Å². The number of ketones is 1. The zero-order chi connectivity index (χ0) is 25.5. The highest BCUT2D eigenvalue weighted by atomic mass is 16.5. The molecule has 0 aromatic heterocycles. The van der Waals surface area contributed by atoms with Crippen LogP contribution in [0.4, 0.5) is 11.4 Å². The van der Waals surface area contributed by atoms with Crippen molar-refractivity contribution < 1.29 is 19.1 Å². The van der Waals surface area contributed by atoms with Crippen LogP contribution in [0.1, 0.15) is 39.9 Å². The number of nitrogens with zero attached hydrogens (tertiary/aromatic N) is 1. The van der Waals surface area contributed by atoms with Gasteiger partial charge in [0.05, 0.1) is 13.0 Å². The molecule has 37 heavy (non-hydrogen) atoms. The predicted octanol–water partition coefficient (Wildman–Crippen LogP) is 4.02. The molecule has 3 aromatic rings. The van der Waals surface area contributed by atoms with Crippen molar-refractivity contribution in [2.24, 2.45) is 5.92 Å². The lowest BCUT2D eigenvalue weighted by molar-refractivity contribution is -0.137. The van der Waals surface area contributed by atoms with Crippen LogP contribution in [0.3, 0.4) is 0 Å². The number of ether oxygens (including phenoxy) is 1. The lowest BCUT2D eigenvalue weighted by atomic mass is 9.57. The van der Waals surface area contributed by atoms with Gasteiger partial charge in [-0.3, -0.25) is 19.3 Å². The van der Waals surface area contributed by atoms with Gasteiger partial charge in [0.25, 0.3) is 5.91 Å². The first-order chi connectivity index (χ1) is 18.0. The van der Waals surface area contributed by atoms with Crippen molar-refractivity contribution >= 4 is 29.0 Å². The Morgan fingerprint density at radius 2 is 1.76 bits per heavy atom. The van der Waals surface area contributed by atoms with E-state index in [-0.39, 0.29) is 23.6 Å². The number of Topliss-reactive ketones (excluding diaryl/α,β-unsaturated/α-hetero) is 1. The van der Waals surface area contributed by atoms with Gasteiger partial charge in [-0.05, 0) is 55.6 Å². The third-order valence-electron chi connectivity index (χ3n) is 8.98. The minimum atomic E-state index is -1.43. The first-order valence-corrected chi connectivity index (χ1v) is 12.7. The van der Waals surface area contributed by atoms with Crippen LogP contribution in [0.5, 0.6) is 5.75 Å². The largest absolute Gasteiger partial charge is 0.497 e. The molecule has 4 heterocycles. The third kappa shape index (κ3) is 2.48. The van der Waals surface area contributed by atoms with Crippen molar-refractivity contribution in [1.29, 1.82) is 0 Å². The summed E-state index contributed by atoms with van der Waals surface area (Å²) < 4.78 is 5.41. The van der Waals surface area contributed by atoms with E-state index in [4.69, 9.17) is 4.74 Å². The van der Waals surface area contributed by atoms with Crippen LogP contribution in [-0.4, -0.2) is 42.2 Å². The maximum Gasteiger partial charge on any atom is 0.251 e. The lowest BCUT2D eigenvalue weighted by Gasteiger charge is -2.43. The van der Waals surface area contributed by atoms with Gasteiger partial charge in [0.1, 0.15) is 16.7 Å². The van der Waals surface area contributed by atoms with Crippen molar-refractivity contribution in [2.75, 3.05) is 24.3 Å². The normalized spacial score (nSPS) is 29.2. The molecular weight excluding hydrogens is 466 g/mol. The fraction of sp³-hybridized carbons (Fsp3) is 0.300. The van der Waals surface area contributed by atoms with Crippen LogP contribution in [0, 0.1) is 12.8 Å². The molecule has 0 saturated carbocycles. The molecule has 4 atom stereocenters. The Balaban J connectivity index is 1.58. The summed E-state index contributed by atoms with van der Waals surface area (Å²) in [6, 6.07) is 20.2. The second kappa shape index (κ2) is 7.52. The lowest BCUT2D eigenvalue weighted by Crippen LogP contribution is -2.62. The van der Waals surface area contributed by atoms with Crippen LogP contribution in [0.25, 0.3) is 0 Å². The van der Waals surface area contributed by atoms with Gasteiger partial charge in [0.2, 0.25) is 5.91 Å². The minimum Gasteiger partial charge on any atom is -0.497 e. The van der Waals surface area contributed by atoms with E-state index in [1.807, 2.05) is 49.4 Å². The van der Waals surface area contributed by atoms with Gasteiger partial charge in [0, 0.05) is 28.5 Å². The maximum absolute atomic E-state index is 14.6. The molecule has 3 aromatic carbocycles. The summed E-state index contributed by atoms with van der Waals surface area (Å²) in [5, 5.41) is 6.21. The van der Waals surface area contributed by atoms with Crippen LogP contribution < -0.4 is 15.4 Å². The number of hydrogen-bond acceptors (Lipinski definition) is 5. The Hall–Kier alpha value is -3.97. The summed E-state index contributed by atoms with van der Waals surface area (Å²) in [5.41, 5.74) is 1.52. The summed E-state index contributed by atoms with van der Waals surface area (Å²) in [4.78, 5) is 45.6. The van der Waals surface area contributed by atoms with Crippen molar-refractivity contribution in [2.45, 2.75) is 36.8 Å². The van der Waals surface area contributed by atoms with Crippen molar-refractivity contribution in [3.8, 4) is 5.75 Å². The number of amides is 2. The van der Waals surface area contributed by atoms with Gasteiger partial charge in [-0.25, -0.2) is 0 Å². The molecule has 0 bridgehead atoms. The number of fused-ring (bicyclic) bond motifs is 7. The number of para-hydroxylation sites is 2. The number of methoxy groups -OCH3 is 1. The molecule has 2 N–H and O–H groups in total. The Labute approximate surface area is 214 Å². The molecule has 0 unspecified atom stereocenters. The highest BCUT2D eigenvalue weighted by Crippen LogP contribution is 2.68. The van der Waals surface area contributed by atoms with Gasteiger partial charge in [-0.2, -0.15) is 0 Å². The van der Waals surface area contributed by atoms with Gasteiger partial charge in [-0.15, -0.1) is 0 Å². The summed E-state index contributed by atoms with van der Waals surface area (Å²) in [6.07, 6.45) is 1.58. The van der Waals surface area contributed by atoms with E-state index in [0.29, 0.717) is 29.1 Å². The van der Waals surface area contributed by atoms with E-state index in [0.717, 1.165) is 29.7 Å². The zero-order valence-electron chi connectivity index (χ0n) is 20.7. The fourth-order valence-corrected chi connectivity index (χ4v) is 7.71. The molecule has 0 radical (unpaired) electrons. The number of aryl methyl sites for hydroxylation is 1. The van der Waals surface area contributed by atoms with Crippen molar-refractivity contribution in [3.63, 3.8) is 0 Å². The standard InChI is InChI=1S/C30H27N3O4/c1-17-8-5-12-21-25(17)32-28(36)30(21)29(20-11-3-4-13-22(20)31-27(29)35)24(23-14-7-15-33(23)30)26(34)18-9-6-10-19(16-18)37-2/h3-6,8-13,16,23-24H,7,14-15H2,1-2H3,(H,31,35)(H,32,36)/t23-,24+,29+,30-/m1/s1. The average Bonchev–Trinajstić information content (AvgIpc) is 3.63. The van der Waals surface area contributed by atoms with E-state index >= 15 is 0 Å². The number of benzene rings is 3. The molecule has 2 amide bonds. The first-order valence-electron chi connectivity index (χ1n) is 12.7. The first kappa shape index (κ1) is 22.2. The topological polar surface area (TPSA) is 87.7 Å². The maximum atomic E-state index is 14.6. The number of rotatable bonds is 3. The van der Waals surface area contributed by atoms with Crippen LogP contribution in [0.2, 0.25) is 0 Å². The summed E-state index contributed by atoms with van der Waals surface area (Å²) in [6.45, 7) is 2.59. The fourth-order valence-electron chi connectivity index (χ4n) is 7.71. The molecule has 2 spiro atoms. The quantitative estimate of drug-likeness (QED) is 0.538. The van der Waals surface area contributed by atoms with Crippen LogP contribution in [-0.2, 0) is 20.5 Å². The Morgan fingerprint density at radius 1 is 0.973 bits per heavy atom. The predicted molar refractivity (Wildman–Crippen MR) is 139 cm³/mol. The second-order valence-electron chi connectivity index (χ2n) is 10.4. The van der Waals surface area contributed by atoms with Gasteiger partial charge < -0.3 is 15.4 Å². The van der Waals surface area contributed by atoms with E-state index in [9.17, 15) is 14.4 Å². The van der Waals surface area contributed by atoms with Crippen molar-refractivity contribution in [1.82, 2.24) is 4.90 Å². The SMILES string of the molecule is COc1cccc(C(=O)[C@@H]2[C@H]3CCCN3[C@]3(C(=O)Nc4c(C)cccc43)[C@]23C(=O)Nc2ccccc23)c1. The number of hydrogen-bond donors (Lipinski definition) is 2. The number of carbonyl (C=O) groups excluding carboxylic acids is 3. The van der Waals surface area contributed by atoms with E-state index in [1.165, 1.54) is 0 Å². The monoisotopic (exact) mass is 493 g/mol. The molecule has 4 aliphatic rings. The molecule has 186 valence electrons. The molecule has 7 rings (SSSR count). The second-order valence-corrected chi connectivity index (χ2v) is 10.4. The van der Waals surface area contributed by atoms with Crippen LogP contribution >= 0.6 is 0 Å². The highest BCUT2D eigenvalue weighted by molar-refractivity contribution is 6.21. The summed E-state index contributed by atoms with van der Waals surface area (Å²) in [7, 11) is 1.57. The smallest absolute Gasteiger partial charge is 0.251 e. The molecule has 2 fully saturated rings. The average molecular weight is 494 g/mol. The van der Waals surface area contributed by atoms with E-state index in [1.54, 1.807) is 31.4 Å². The van der Waals surface area contributed by atoms with Crippen molar-refractivity contribution in [3.05, 3.63) is 89.0 Å². The minimum absolute atomic E-state index is 0.145. The van der Waals surface area contributed by atoms with Gasteiger partial charge >= 0.3 is 0 Å². The molecule has 4 aliphatic heterocycles. The Morgan fingerprint density at radius 3 is 2.59 bits per heavy atom. The molecule has 0 aliphatic carbocycles. The third-order valence-corrected chi connectivity index (χ3v) is 8.98. The zero-order valence-corrected chi connectivity index (χ0v) is 20.7. The molecule has 7 nitrogen and oxygen atoms in total. The Bertz CT molecular complexity index is 1520. The van der Waals surface area contributed by atoms with Gasteiger partial charge in [0.15, 0.2) is 5.78 Å². The molecular formula is C30H27N3O4.